The van der Waals surface area contributed by atoms with Gasteiger partial charge in [-0.3, -0.25) is 4.79 Å². The summed E-state index contributed by atoms with van der Waals surface area (Å²) in [5.74, 6) is -5.68. The molecule has 1 aromatic rings. The zero-order valence-electron chi connectivity index (χ0n) is 10.9. The van der Waals surface area contributed by atoms with Crippen LogP contribution in [0.25, 0.3) is 0 Å². The lowest BCUT2D eigenvalue weighted by Crippen LogP contribution is -2.23. The van der Waals surface area contributed by atoms with Gasteiger partial charge in [0.15, 0.2) is 11.6 Å². The second kappa shape index (κ2) is 6.19. The third-order valence-corrected chi connectivity index (χ3v) is 2.47. The second-order valence-electron chi connectivity index (χ2n) is 4.63. The van der Waals surface area contributed by atoms with E-state index in [-0.39, 0.29) is 18.6 Å². The van der Waals surface area contributed by atoms with Gasteiger partial charge >= 0.3 is 6.18 Å². The third kappa shape index (κ3) is 4.18. The highest BCUT2D eigenvalue weighted by molar-refractivity contribution is 6.00. The topological polar surface area (TPSA) is 26.3 Å². The minimum absolute atomic E-state index is 0.0116. The van der Waals surface area contributed by atoms with Gasteiger partial charge in [0.05, 0.1) is 6.61 Å². The number of hydrogen-bond donors (Lipinski definition) is 0. The average molecular weight is 296 g/mol. The van der Waals surface area contributed by atoms with E-state index in [9.17, 15) is 26.7 Å². The van der Waals surface area contributed by atoms with Gasteiger partial charge in [-0.05, 0) is 24.5 Å². The summed E-state index contributed by atoms with van der Waals surface area (Å²) in [5.41, 5.74) is -0.990. The second-order valence-corrected chi connectivity index (χ2v) is 4.63. The van der Waals surface area contributed by atoms with Crippen molar-refractivity contribution in [2.45, 2.75) is 26.4 Å². The molecule has 112 valence electrons. The molecule has 2 nitrogen and oxygen atoms in total. The Morgan fingerprint density at radius 2 is 1.85 bits per heavy atom. The molecule has 0 fully saturated rings. The van der Waals surface area contributed by atoms with E-state index in [2.05, 4.69) is 0 Å². The lowest BCUT2D eigenvalue weighted by atomic mass is 10.1. The van der Waals surface area contributed by atoms with Crippen molar-refractivity contribution >= 4 is 5.78 Å². The largest absolute Gasteiger partial charge is 0.490 e. The Hall–Kier alpha value is -1.66. The van der Waals surface area contributed by atoms with Gasteiger partial charge in [-0.1, -0.05) is 13.8 Å². The Morgan fingerprint density at radius 1 is 1.25 bits per heavy atom. The first kappa shape index (κ1) is 16.4. The van der Waals surface area contributed by atoms with E-state index in [4.69, 9.17) is 4.74 Å². The Labute approximate surface area is 112 Å². The number of Topliss-reactive ketones (excluding diaryl/α,β-unsaturated/α-hetero) is 1. The maximum absolute atomic E-state index is 13.4. The highest BCUT2D eigenvalue weighted by Gasteiger charge is 2.40. The van der Waals surface area contributed by atoms with Crippen LogP contribution < -0.4 is 4.74 Å². The molecule has 0 atom stereocenters. The number of halogens is 5. The molecule has 20 heavy (non-hydrogen) atoms. The van der Waals surface area contributed by atoms with Crippen LogP contribution in [0, 0.1) is 17.6 Å². The summed E-state index contributed by atoms with van der Waals surface area (Å²) in [6, 6.07) is 0.773. The molecule has 0 unspecified atom stereocenters. The lowest BCUT2D eigenvalue weighted by Gasteiger charge is -2.11. The molecule has 1 aromatic carbocycles. The predicted molar refractivity (Wildman–Crippen MR) is 61.7 cm³/mol. The smallest absolute Gasteiger partial charge is 0.454 e. The van der Waals surface area contributed by atoms with Crippen LogP contribution in [0.4, 0.5) is 22.0 Å². The van der Waals surface area contributed by atoms with Crippen LogP contribution >= 0.6 is 0 Å². The fourth-order valence-corrected chi connectivity index (χ4v) is 1.37. The summed E-state index contributed by atoms with van der Waals surface area (Å²) in [5, 5.41) is 0. The Kier molecular flexibility index (Phi) is 5.08. The molecule has 0 heterocycles. The van der Waals surface area contributed by atoms with E-state index in [1.807, 2.05) is 13.8 Å². The molecule has 0 saturated heterocycles. The Morgan fingerprint density at radius 3 is 2.35 bits per heavy atom. The van der Waals surface area contributed by atoms with Crippen LogP contribution in [0.2, 0.25) is 0 Å². The third-order valence-electron chi connectivity index (χ3n) is 2.47. The number of carbonyl (C=O) groups is 1. The number of hydrogen-bond acceptors (Lipinski definition) is 2. The molecule has 0 bridgehead atoms. The lowest BCUT2D eigenvalue weighted by molar-refractivity contribution is -0.0885. The number of ether oxygens (including phenoxy) is 1. The molecule has 0 amide bonds. The van der Waals surface area contributed by atoms with Gasteiger partial charge in [-0.2, -0.15) is 17.6 Å². The molecular formula is C13H13F5O2. The van der Waals surface area contributed by atoms with Crippen LogP contribution in [0.15, 0.2) is 12.1 Å². The molecule has 0 aliphatic rings. The first-order chi connectivity index (χ1) is 9.12. The van der Waals surface area contributed by atoms with E-state index in [1.165, 1.54) is 0 Å². The molecule has 1 rings (SSSR count). The van der Waals surface area contributed by atoms with Gasteiger partial charge in [-0.25, -0.2) is 4.39 Å². The summed E-state index contributed by atoms with van der Waals surface area (Å²) in [6.45, 7) is 3.74. The predicted octanol–water partition coefficient (Wildman–Crippen LogP) is 4.13. The average Bonchev–Trinajstić information content (AvgIpc) is 2.31. The van der Waals surface area contributed by atoms with Crippen molar-refractivity contribution < 1.29 is 31.5 Å². The first-order valence-electron chi connectivity index (χ1n) is 5.86. The first-order valence-corrected chi connectivity index (χ1v) is 5.86. The minimum atomic E-state index is -5.15. The normalized spacial score (nSPS) is 11.8. The maximum atomic E-state index is 13.4. The van der Waals surface area contributed by atoms with Crippen molar-refractivity contribution in [3.8, 4) is 5.75 Å². The van der Waals surface area contributed by atoms with Crippen LogP contribution in [0.1, 0.15) is 30.6 Å². The minimum Gasteiger partial charge on any atom is -0.490 e. The van der Waals surface area contributed by atoms with Crippen LogP contribution in [0.3, 0.4) is 0 Å². The number of rotatable bonds is 5. The zero-order chi connectivity index (χ0) is 15.5. The van der Waals surface area contributed by atoms with Crippen molar-refractivity contribution in [2.24, 2.45) is 5.92 Å². The highest BCUT2D eigenvalue weighted by atomic mass is 19.4. The van der Waals surface area contributed by atoms with Crippen molar-refractivity contribution in [1.29, 1.82) is 0 Å². The summed E-state index contributed by atoms with van der Waals surface area (Å²) in [7, 11) is 0. The molecule has 7 heteroatoms. The number of alkyl halides is 3. The van der Waals surface area contributed by atoms with Gasteiger partial charge in [0.1, 0.15) is 0 Å². The monoisotopic (exact) mass is 296 g/mol. The van der Waals surface area contributed by atoms with E-state index < -0.39 is 34.9 Å². The van der Waals surface area contributed by atoms with E-state index >= 15 is 0 Å². The van der Waals surface area contributed by atoms with Gasteiger partial charge in [-0.15, -0.1) is 0 Å². The number of carbonyl (C=O) groups excluding carboxylic acids is 1. The van der Waals surface area contributed by atoms with Gasteiger partial charge in [0, 0.05) is 5.56 Å². The maximum Gasteiger partial charge on any atom is 0.454 e. The molecule has 0 spiro atoms. The Balaban J connectivity index is 3.01. The number of ketones is 1. The van der Waals surface area contributed by atoms with Crippen molar-refractivity contribution in [2.75, 3.05) is 6.61 Å². The van der Waals surface area contributed by atoms with Crippen LogP contribution in [-0.2, 0) is 0 Å². The summed E-state index contributed by atoms with van der Waals surface area (Å²) in [6.07, 6.45) is -4.64. The fraction of sp³-hybridized carbons (Fsp3) is 0.462. The Bertz CT molecular complexity index is 494. The standard InChI is InChI=1S/C13H13F5O2/c1-7(2)3-4-20-10-6-8(5-9(14)11(10)15)12(19)13(16,17)18/h5-7H,3-4H2,1-2H3. The molecule has 0 radical (unpaired) electrons. The quantitative estimate of drug-likeness (QED) is 0.603. The fourth-order valence-electron chi connectivity index (χ4n) is 1.37. The zero-order valence-corrected chi connectivity index (χ0v) is 10.9. The summed E-state index contributed by atoms with van der Waals surface area (Å²) in [4.78, 5) is 11.0. The molecule has 0 saturated carbocycles. The van der Waals surface area contributed by atoms with Crippen molar-refractivity contribution in [1.82, 2.24) is 0 Å². The van der Waals surface area contributed by atoms with Crippen molar-refractivity contribution in [3.05, 3.63) is 29.3 Å². The SMILES string of the molecule is CC(C)CCOc1cc(C(=O)C(F)(F)F)cc(F)c1F. The van der Waals surface area contributed by atoms with E-state index in [0.29, 0.717) is 12.5 Å². The highest BCUT2D eigenvalue weighted by Crippen LogP contribution is 2.27. The molecule has 0 N–H and O–H groups in total. The molecule has 0 aliphatic carbocycles. The summed E-state index contributed by atoms with van der Waals surface area (Å²) >= 11 is 0. The van der Waals surface area contributed by atoms with Gasteiger partial charge in [0.2, 0.25) is 5.82 Å². The molecular weight excluding hydrogens is 283 g/mol. The van der Waals surface area contributed by atoms with Crippen LogP contribution in [0.5, 0.6) is 5.75 Å². The van der Waals surface area contributed by atoms with Gasteiger partial charge < -0.3 is 4.74 Å². The molecule has 0 aromatic heterocycles. The molecule has 0 aliphatic heterocycles. The van der Waals surface area contributed by atoms with E-state index in [1.54, 1.807) is 0 Å². The number of benzene rings is 1. The van der Waals surface area contributed by atoms with Gasteiger partial charge in [0.25, 0.3) is 5.78 Å². The van der Waals surface area contributed by atoms with Crippen molar-refractivity contribution in [3.63, 3.8) is 0 Å². The van der Waals surface area contributed by atoms with E-state index in [0.717, 1.165) is 0 Å². The van der Waals surface area contributed by atoms with Crippen LogP contribution in [-0.4, -0.2) is 18.6 Å². The summed E-state index contributed by atoms with van der Waals surface area (Å²) < 4.78 is 68.2.